The van der Waals surface area contributed by atoms with E-state index in [1.54, 1.807) is 30.1 Å². The van der Waals surface area contributed by atoms with Crippen molar-refractivity contribution >= 4 is 16.8 Å². The van der Waals surface area contributed by atoms with E-state index in [2.05, 4.69) is 20.8 Å². The number of fused-ring (bicyclic) bond motifs is 2. The van der Waals surface area contributed by atoms with Crippen LogP contribution in [0.2, 0.25) is 0 Å². The number of hydrogen-bond donors (Lipinski definition) is 3. The third kappa shape index (κ3) is 3.05. The molecule has 132 valence electrons. The summed E-state index contributed by atoms with van der Waals surface area (Å²) >= 11 is 0. The van der Waals surface area contributed by atoms with Gasteiger partial charge in [-0.15, -0.1) is 0 Å². The minimum absolute atomic E-state index is 0.0948. The molecule has 1 saturated carbocycles. The summed E-state index contributed by atoms with van der Waals surface area (Å²) in [7, 11) is 1.76. The van der Waals surface area contributed by atoms with Crippen LogP contribution in [0, 0.1) is 5.92 Å². The van der Waals surface area contributed by atoms with Gasteiger partial charge in [-0.3, -0.25) is 20.4 Å². The number of nitrogens with zero attached hydrogens (tertiary/aromatic N) is 2. The minimum Gasteiger partial charge on any atom is -0.337 e. The molecule has 0 spiro atoms. The molecule has 2 heterocycles. The number of hydrogen-bond acceptors (Lipinski definition) is 5. The third-order valence-corrected chi connectivity index (χ3v) is 5.42. The molecule has 7 nitrogen and oxygen atoms in total. The second-order valence-electron chi connectivity index (χ2n) is 7.07. The summed E-state index contributed by atoms with van der Waals surface area (Å²) in [6.45, 7) is 0.587. The van der Waals surface area contributed by atoms with E-state index in [1.165, 1.54) is 25.7 Å². The van der Waals surface area contributed by atoms with E-state index >= 15 is 0 Å². The Bertz CT molecular complexity index is 849. The molecule has 1 aromatic carbocycles. The van der Waals surface area contributed by atoms with Crippen molar-refractivity contribution in [2.45, 2.75) is 37.8 Å². The largest absolute Gasteiger partial charge is 0.337 e. The zero-order valence-corrected chi connectivity index (χ0v) is 14.3. The fourth-order valence-electron chi connectivity index (χ4n) is 4.07. The zero-order valence-electron chi connectivity index (χ0n) is 14.3. The van der Waals surface area contributed by atoms with Crippen LogP contribution < -0.4 is 16.4 Å². The maximum atomic E-state index is 12.7. The van der Waals surface area contributed by atoms with Crippen molar-refractivity contribution in [3.05, 3.63) is 40.4 Å². The number of carbonyl (C=O) groups excluding carboxylic acids is 1. The first-order valence-corrected chi connectivity index (χ1v) is 8.89. The molecule has 3 N–H and O–H groups in total. The van der Waals surface area contributed by atoms with Gasteiger partial charge in [0.2, 0.25) is 0 Å². The van der Waals surface area contributed by atoms with Crippen molar-refractivity contribution in [1.29, 1.82) is 0 Å². The first kappa shape index (κ1) is 16.2. The monoisotopic (exact) mass is 341 g/mol. The van der Waals surface area contributed by atoms with Gasteiger partial charge in [0.25, 0.3) is 11.5 Å². The highest BCUT2D eigenvalue weighted by Crippen LogP contribution is 2.30. The van der Waals surface area contributed by atoms with Crippen molar-refractivity contribution in [1.82, 2.24) is 25.7 Å². The van der Waals surface area contributed by atoms with Crippen molar-refractivity contribution < 1.29 is 4.79 Å². The van der Waals surface area contributed by atoms with Gasteiger partial charge >= 0.3 is 0 Å². The number of nitrogens with one attached hydrogen (secondary N) is 3. The molecule has 1 saturated heterocycles. The summed E-state index contributed by atoms with van der Waals surface area (Å²) in [5.41, 5.74) is 6.96. The maximum absolute atomic E-state index is 12.7. The van der Waals surface area contributed by atoms with Crippen molar-refractivity contribution in [2.24, 2.45) is 5.92 Å². The molecule has 1 amide bonds. The lowest BCUT2D eigenvalue weighted by Gasteiger charge is -2.29. The summed E-state index contributed by atoms with van der Waals surface area (Å²) in [4.78, 5) is 33.5. The van der Waals surface area contributed by atoms with Gasteiger partial charge in [0.1, 0.15) is 0 Å². The molecular weight excluding hydrogens is 318 g/mol. The molecule has 2 aliphatic rings. The normalized spacial score (nSPS) is 25.7. The highest BCUT2D eigenvalue weighted by molar-refractivity contribution is 5.92. The molecule has 0 bridgehead atoms. The lowest BCUT2D eigenvalue weighted by molar-refractivity contribution is 0.0760. The highest BCUT2D eigenvalue weighted by atomic mass is 16.2. The first-order chi connectivity index (χ1) is 12.1. The zero-order chi connectivity index (χ0) is 17.4. The van der Waals surface area contributed by atoms with Crippen LogP contribution >= 0.6 is 0 Å². The first-order valence-electron chi connectivity index (χ1n) is 8.89. The smallest absolute Gasteiger partial charge is 0.289 e. The van der Waals surface area contributed by atoms with Gasteiger partial charge in [-0.1, -0.05) is 25.0 Å². The third-order valence-electron chi connectivity index (χ3n) is 5.42. The van der Waals surface area contributed by atoms with E-state index in [1.807, 2.05) is 6.07 Å². The van der Waals surface area contributed by atoms with E-state index in [-0.39, 0.29) is 23.3 Å². The SMILES string of the molecule is CN(CC1NNC2CCCCC21)C(=O)c1nc2ccccc2c(=O)[nH]1. The second-order valence-corrected chi connectivity index (χ2v) is 7.07. The van der Waals surface area contributed by atoms with E-state index in [9.17, 15) is 9.59 Å². The fourth-order valence-corrected chi connectivity index (χ4v) is 4.07. The van der Waals surface area contributed by atoms with Gasteiger partial charge in [-0.05, 0) is 30.9 Å². The van der Waals surface area contributed by atoms with Gasteiger partial charge in [0.15, 0.2) is 5.82 Å². The number of aromatic amines is 1. The topological polar surface area (TPSA) is 90.1 Å². The molecule has 3 atom stereocenters. The number of rotatable bonds is 3. The average molecular weight is 341 g/mol. The molecule has 0 radical (unpaired) electrons. The summed E-state index contributed by atoms with van der Waals surface area (Å²) in [6, 6.07) is 7.77. The molecule has 7 heteroatoms. The Balaban J connectivity index is 1.51. The van der Waals surface area contributed by atoms with Crippen LogP contribution in [0.3, 0.4) is 0 Å². The van der Waals surface area contributed by atoms with Crippen LogP contribution in [0.15, 0.2) is 29.1 Å². The summed E-state index contributed by atoms with van der Waals surface area (Å²) in [5.74, 6) is 0.383. The van der Waals surface area contributed by atoms with E-state index in [4.69, 9.17) is 0 Å². The van der Waals surface area contributed by atoms with E-state index < -0.39 is 0 Å². The molecule has 4 rings (SSSR count). The molecule has 25 heavy (non-hydrogen) atoms. The molecule has 2 aromatic rings. The number of aromatic nitrogens is 2. The summed E-state index contributed by atoms with van der Waals surface area (Å²) in [5, 5.41) is 0.494. The van der Waals surface area contributed by atoms with Crippen LogP contribution in [-0.2, 0) is 0 Å². The van der Waals surface area contributed by atoms with E-state index in [0.717, 1.165) is 0 Å². The van der Waals surface area contributed by atoms with Crippen molar-refractivity contribution in [2.75, 3.05) is 13.6 Å². The predicted molar refractivity (Wildman–Crippen MR) is 95.1 cm³/mol. The Morgan fingerprint density at radius 3 is 2.92 bits per heavy atom. The van der Waals surface area contributed by atoms with Gasteiger partial charge in [0.05, 0.1) is 10.9 Å². The number of carbonyl (C=O) groups is 1. The number of likely N-dealkylation sites (N-methyl/N-ethyl adjacent to an activating group) is 1. The lowest BCUT2D eigenvalue weighted by atomic mass is 9.81. The van der Waals surface area contributed by atoms with Crippen LogP contribution in [0.1, 0.15) is 36.3 Å². The standard InChI is InChI=1S/C18H23N5O2/c1-23(10-15-11-6-2-5-9-14(11)21-22-15)18(25)16-19-13-8-4-3-7-12(13)17(24)20-16/h3-4,7-8,11,14-15,21-22H,2,5-6,9-10H2,1H3,(H,19,20,24). The molecule has 1 aromatic heterocycles. The molecular formula is C18H23N5O2. The second kappa shape index (κ2) is 6.57. The Labute approximate surface area is 145 Å². The maximum Gasteiger partial charge on any atom is 0.289 e. The van der Waals surface area contributed by atoms with Crippen LogP contribution in [-0.4, -0.2) is 46.5 Å². The molecule has 1 aliphatic carbocycles. The molecule has 1 aliphatic heterocycles. The predicted octanol–water partition coefficient (Wildman–Crippen LogP) is 1.03. The number of benzene rings is 1. The Morgan fingerprint density at radius 1 is 1.24 bits per heavy atom. The minimum atomic E-state index is -0.282. The average Bonchev–Trinajstić information content (AvgIpc) is 3.04. The Hall–Kier alpha value is -2.25. The van der Waals surface area contributed by atoms with Crippen molar-refractivity contribution in [3.8, 4) is 0 Å². The number of para-hydroxylation sites is 1. The fraction of sp³-hybridized carbons (Fsp3) is 0.500. The summed E-state index contributed by atoms with van der Waals surface area (Å²) in [6.07, 6.45) is 4.88. The van der Waals surface area contributed by atoms with Gasteiger partial charge in [0, 0.05) is 25.7 Å². The van der Waals surface area contributed by atoms with E-state index in [0.29, 0.717) is 29.4 Å². The van der Waals surface area contributed by atoms with Gasteiger partial charge in [-0.25, -0.2) is 4.98 Å². The molecule has 3 unspecified atom stereocenters. The Kier molecular flexibility index (Phi) is 4.27. The van der Waals surface area contributed by atoms with Gasteiger partial charge < -0.3 is 9.88 Å². The number of amides is 1. The van der Waals surface area contributed by atoms with Crippen LogP contribution in [0.25, 0.3) is 10.9 Å². The number of H-pyrrole nitrogens is 1. The summed E-state index contributed by atoms with van der Waals surface area (Å²) < 4.78 is 0. The highest BCUT2D eigenvalue weighted by Gasteiger charge is 2.38. The van der Waals surface area contributed by atoms with Crippen LogP contribution in [0.5, 0.6) is 0 Å². The number of hydrazine groups is 1. The van der Waals surface area contributed by atoms with Crippen molar-refractivity contribution in [3.63, 3.8) is 0 Å². The lowest BCUT2D eigenvalue weighted by Crippen LogP contribution is -2.44. The quantitative estimate of drug-likeness (QED) is 0.776. The van der Waals surface area contributed by atoms with Gasteiger partial charge in [-0.2, -0.15) is 0 Å². The molecule has 2 fully saturated rings. The Morgan fingerprint density at radius 2 is 2.04 bits per heavy atom. The van der Waals surface area contributed by atoms with Crippen LogP contribution in [0.4, 0.5) is 0 Å².